The van der Waals surface area contributed by atoms with E-state index in [2.05, 4.69) is 0 Å². The van der Waals surface area contributed by atoms with Gasteiger partial charge >= 0.3 is 0 Å². The Hall–Kier alpha value is -1.42. The van der Waals surface area contributed by atoms with Crippen LogP contribution >= 0.6 is 35.6 Å². The molecule has 0 aromatic heterocycles. The lowest BCUT2D eigenvalue weighted by atomic mass is 10.2. The molecule has 2 aliphatic rings. The second-order valence-corrected chi connectivity index (χ2v) is 10.8. The van der Waals surface area contributed by atoms with Crippen molar-refractivity contribution in [1.29, 1.82) is 0 Å². The normalized spacial score (nSPS) is 22.9. The average molecular weight is 459 g/mol. The molecular weight excluding hydrogens is 440 g/mol. The zero-order valence-corrected chi connectivity index (χ0v) is 18.3. The van der Waals surface area contributed by atoms with Crippen LogP contribution in [0, 0.1) is 0 Å². The number of halogens is 1. The molecule has 150 valence electrons. The van der Waals surface area contributed by atoms with Crippen molar-refractivity contribution in [2.75, 3.05) is 24.6 Å². The van der Waals surface area contributed by atoms with E-state index in [4.69, 9.17) is 23.8 Å². The maximum Gasteiger partial charge on any atom is 0.266 e. The van der Waals surface area contributed by atoms with Gasteiger partial charge in [-0.3, -0.25) is 14.5 Å². The van der Waals surface area contributed by atoms with Crippen LogP contribution in [0.5, 0.6) is 0 Å². The number of sulfone groups is 1. The van der Waals surface area contributed by atoms with Crippen LogP contribution in [0.2, 0.25) is 5.02 Å². The van der Waals surface area contributed by atoms with Gasteiger partial charge in [-0.25, -0.2) is 8.42 Å². The largest absolute Gasteiger partial charge is 0.337 e. The Morgan fingerprint density at radius 3 is 2.75 bits per heavy atom. The molecule has 0 saturated carbocycles. The number of benzene rings is 1. The average Bonchev–Trinajstić information content (AvgIpc) is 3.11. The number of hydrogen-bond donors (Lipinski definition) is 0. The first kappa shape index (κ1) is 21.3. The summed E-state index contributed by atoms with van der Waals surface area (Å²) in [6.45, 7) is 1.97. The quantitative estimate of drug-likeness (QED) is 0.498. The van der Waals surface area contributed by atoms with Crippen LogP contribution in [0.1, 0.15) is 18.9 Å². The molecule has 2 heterocycles. The number of amides is 2. The topological polar surface area (TPSA) is 74.8 Å². The zero-order chi connectivity index (χ0) is 20.5. The van der Waals surface area contributed by atoms with E-state index in [1.807, 2.05) is 6.07 Å². The Balaban J connectivity index is 1.73. The number of thiocarbonyl (C=S) groups is 1. The van der Waals surface area contributed by atoms with Crippen molar-refractivity contribution in [2.24, 2.45) is 0 Å². The molecule has 1 aromatic rings. The summed E-state index contributed by atoms with van der Waals surface area (Å²) >= 11 is 12.5. The van der Waals surface area contributed by atoms with Crippen molar-refractivity contribution < 1.29 is 18.0 Å². The van der Waals surface area contributed by atoms with Gasteiger partial charge in [0, 0.05) is 17.6 Å². The summed E-state index contributed by atoms with van der Waals surface area (Å²) in [5, 5.41) is 0.517. The van der Waals surface area contributed by atoms with Crippen molar-refractivity contribution in [2.45, 2.75) is 19.4 Å². The SMILES string of the molecule is CCN(C(=O)CN1C(=O)/C(=C\c2ccccc2Cl)SC1=S)C1CCS(=O)(=O)C1. The second kappa shape index (κ2) is 8.52. The predicted octanol–water partition coefficient (Wildman–Crippen LogP) is 2.58. The molecule has 0 spiro atoms. The Morgan fingerprint density at radius 2 is 2.14 bits per heavy atom. The van der Waals surface area contributed by atoms with Gasteiger partial charge in [0.05, 0.1) is 16.4 Å². The lowest BCUT2D eigenvalue weighted by Crippen LogP contribution is -2.47. The minimum Gasteiger partial charge on any atom is -0.337 e. The van der Waals surface area contributed by atoms with Crippen LogP contribution < -0.4 is 0 Å². The van der Waals surface area contributed by atoms with Crippen molar-refractivity contribution >= 4 is 67.6 Å². The summed E-state index contributed by atoms with van der Waals surface area (Å²) in [4.78, 5) is 28.7. The number of carbonyl (C=O) groups excluding carboxylic acids is 2. The number of rotatable bonds is 5. The van der Waals surface area contributed by atoms with Gasteiger partial charge in [-0.1, -0.05) is 53.8 Å². The van der Waals surface area contributed by atoms with Crippen LogP contribution in [0.25, 0.3) is 6.08 Å². The lowest BCUT2D eigenvalue weighted by molar-refractivity contribution is -0.136. The standard InChI is InChI=1S/C18H19ClN2O4S3/c1-2-20(13-7-8-28(24,25)11-13)16(22)10-21-17(23)15(27-18(21)26)9-12-5-3-4-6-14(12)19/h3-6,9,13H,2,7-8,10-11H2,1H3/b15-9+. The Bertz CT molecular complexity index is 961. The highest BCUT2D eigenvalue weighted by molar-refractivity contribution is 8.26. The molecule has 2 fully saturated rings. The van der Waals surface area contributed by atoms with Crippen LogP contribution in [0.15, 0.2) is 29.2 Å². The van der Waals surface area contributed by atoms with Crippen molar-refractivity contribution in [3.05, 3.63) is 39.8 Å². The number of thioether (sulfide) groups is 1. The van der Waals surface area contributed by atoms with Gasteiger partial charge in [-0.05, 0) is 31.1 Å². The molecule has 3 rings (SSSR count). The van der Waals surface area contributed by atoms with Gasteiger partial charge in [0.1, 0.15) is 10.9 Å². The Kier molecular flexibility index (Phi) is 6.48. The fourth-order valence-electron chi connectivity index (χ4n) is 3.26. The molecule has 2 saturated heterocycles. The predicted molar refractivity (Wildman–Crippen MR) is 116 cm³/mol. The van der Waals surface area contributed by atoms with Gasteiger partial charge in [0.2, 0.25) is 5.91 Å². The first-order valence-corrected chi connectivity index (χ1v) is 12.1. The molecule has 6 nitrogen and oxygen atoms in total. The molecular formula is C18H19ClN2O4S3. The number of carbonyl (C=O) groups is 2. The summed E-state index contributed by atoms with van der Waals surface area (Å²) in [7, 11) is -3.11. The minimum atomic E-state index is -3.11. The monoisotopic (exact) mass is 458 g/mol. The first-order valence-electron chi connectivity index (χ1n) is 8.71. The molecule has 0 aliphatic carbocycles. The van der Waals surface area contributed by atoms with Gasteiger partial charge in [0.25, 0.3) is 5.91 Å². The smallest absolute Gasteiger partial charge is 0.266 e. The van der Waals surface area contributed by atoms with Crippen molar-refractivity contribution in [1.82, 2.24) is 9.80 Å². The summed E-state index contributed by atoms with van der Waals surface area (Å²) in [6, 6.07) is 6.79. The fraction of sp³-hybridized carbons (Fsp3) is 0.389. The molecule has 1 atom stereocenters. The molecule has 28 heavy (non-hydrogen) atoms. The summed E-state index contributed by atoms with van der Waals surface area (Å²) in [5.41, 5.74) is 0.697. The highest BCUT2D eigenvalue weighted by Gasteiger charge is 2.38. The van der Waals surface area contributed by atoms with E-state index >= 15 is 0 Å². The minimum absolute atomic E-state index is 0.0304. The van der Waals surface area contributed by atoms with E-state index in [0.29, 0.717) is 32.8 Å². The van der Waals surface area contributed by atoms with Crippen LogP contribution in [-0.2, 0) is 19.4 Å². The maximum atomic E-state index is 12.8. The van der Waals surface area contributed by atoms with E-state index < -0.39 is 9.84 Å². The number of nitrogens with zero attached hydrogens (tertiary/aromatic N) is 2. The van der Waals surface area contributed by atoms with Crippen molar-refractivity contribution in [3.8, 4) is 0 Å². The van der Waals surface area contributed by atoms with Crippen LogP contribution in [0.4, 0.5) is 0 Å². The first-order chi connectivity index (χ1) is 13.2. The summed E-state index contributed by atoms with van der Waals surface area (Å²) < 4.78 is 23.8. The van der Waals surface area contributed by atoms with Gasteiger partial charge in [0.15, 0.2) is 9.84 Å². The van der Waals surface area contributed by atoms with E-state index in [-0.39, 0.29) is 35.9 Å². The third kappa shape index (κ3) is 4.59. The van der Waals surface area contributed by atoms with Gasteiger partial charge in [-0.15, -0.1) is 0 Å². The third-order valence-electron chi connectivity index (χ3n) is 4.67. The second-order valence-electron chi connectivity index (χ2n) is 6.53. The Morgan fingerprint density at radius 1 is 1.43 bits per heavy atom. The Labute approximate surface area is 178 Å². The maximum absolute atomic E-state index is 12.8. The van der Waals surface area contributed by atoms with E-state index in [1.165, 1.54) is 9.80 Å². The lowest BCUT2D eigenvalue weighted by Gasteiger charge is -2.28. The number of hydrogen-bond acceptors (Lipinski definition) is 6. The molecule has 2 aliphatic heterocycles. The summed E-state index contributed by atoms with van der Waals surface area (Å²) in [5.74, 6) is -0.598. The molecule has 2 amide bonds. The molecule has 0 bridgehead atoms. The summed E-state index contributed by atoms with van der Waals surface area (Å²) in [6.07, 6.45) is 2.08. The molecule has 1 aromatic carbocycles. The molecule has 0 N–H and O–H groups in total. The fourth-order valence-corrected chi connectivity index (χ4v) is 6.42. The highest BCUT2D eigenvalue weighted by atomic mass is 35.5. The van der Waals surface area contributed by atoms with E-state index in [9.17, 15) is 18.0 Å². The highest BCUT2D eigenvalue weighted by Crippen LogP contribution is 2.33. The zero-order valence-electron chi connectivity index (χ0n) is 15.1. The van der Waals surface area contributed by atoms with E-state index in [1.54, 1.807) is 31.2 Å². The van der Waals surface area contributed by atoms with Gasteiger partial charge < -0.3 is 4.90 Å². The molecule has 1 unspecified atom stereocenters. The van der Waals surface area contributed by atoms with Crippen LogP contribution in [-0.4, -0.2) is 65.0 Å². The van der Waals surface area contributed by atoms with Crippen LogP contribution in [0.3, 0.4) is 0 Å². The number of likely N-dealkylation sites (N-methyl/N-ethyl adjacent to an activating group) is 1. The van der Waals surface area contributed by atoms with Crippen molar-refractivity contribution in [3.63, 3.8) is 0 Å². The molecule has 0 radical (unpaired) electrons. The van der Waals surface area contributed by atoms with Gasteiger partial charge in [-0.2, -0.15) is 0 Å². The third-order valence-corrected chi connectivity index (χ3v) is 8.14. The van der Waals surface area contributed by atoms with E-state index in [0.717, 1.165) is 11.8 Å². The molecule has 10 heteroatoms.